The van der Waals surface area contributed by atoms with Crippen molar-refractivity contribution in [2.75, 3.05) is 14.2 Å². The maximum atomic E-state index is 13.8. The molecular weight excluding hydrogens is 412 g/mol. The van der Waals surface area contributed by atoms with E-state index in [0.29, 0.717) is 6.42 Å². The first-order valence-corrected chi connectivity index (χ1v) is 12.2. The number of benzene rings is 1. The van der Waals surface area contributed by atoms with Crippen LogP contribution in [0.4, 0.5) is 0 Å². The molecule has 1 saturated carbocycles. The monoisotopic (exact) mass is 454 g/mol. The number of rotatable bonds is 8. The Bertz CT molecular complexity index is 978. The van der Waals surface area contributed by atoms with Crippen molar-refractivity contribution in [2.24, 2.45) is 10.8 Å². The summed E-state index contributed by atoms with van der Waals surface area (Å²) < 4.78 is 11.1. The van der Waals surface area contributed by atoms with Gasteiger partial charge in [0.15, 0.2) is 5.78 Å². The third-order valence-corrected chi connectivity index (χ3v) is 8.08. The van der Waals surface area contributed by atoms with Crippen molar-refractivity contribution in [1.82, 2.24) is 0 Å². The molecule has 0 heterocycles. The number of aliphatic hydroxyl groups is 1. The molecule has 1 aromatic carbocycles. The van der Waals surface area contributed by atoms with Gasteiger partial charge in [-0.2, -0.15) is 0 Å². The van der Waals surface area contributed by atoms with Gasteiger partial charge in [0.25, 0.3) is 0 Å². The van der Waals surface area contributed by atoms with E-state index >= 15 is 0 Å². The number of allylic oxidation sites excluding steroid dienone is 3. The first kappa shape index (κ1) is 25.6. The smallest absolute Gasteiger partial charge is 0.165 e. The average molecular weight is 455 g/mol. The maximum absolute atomic E-state index is 13.8. The molecule has 4 heteroatoms. The van der Waals surface area contributed by atoms with Crippen LogP contribution in [0.25, 0.3) is 0 Å². The minimum absolute atomic E-state index is 0.00984. The number of ether oxygens (including phenoxy) is 2. The van der Waals surface area contributed by atoms with E-state index in [4.69, 9.17) is 9.47 Å². The van der Waals surface area contributed by atoms with Crippen molar-refractivity contribution in [3.8, 4) is 11.5 Å². The van der Waals surface area contributed by atoms with Gasteiger partial charge in [0, 0.05) is 17.4 Å². The Labute approximate surface area is 200 Å². The highest BCUT2D eigenvalue weighted by atomic mass is 16.5. The molecule has 1 N–H and O–H groups in total. The standard InChI is InChI=1S/C29H42O4/c1-19(10-11-21-16-23(32-7)15-20(2)25(21)33-8)14-22-17-28(5)12-9-13-29(28,6)26(30)24(22)18-27(3,4)31/h10,15-16,31H,9,11-14,17-18H2,1-8H3/t28-,29+/m1/s1. The minimum atomic E-state index is -0.901. The lowest BCUT2D eigenvalue weighted by atomic mass is 9.56. The summed E-state index contributed by atoms with van der Waals surface area (Å²) in [6.07, 6.45) is 8.26. The fraction of sp³-hybridized carbons (Fsp3) is 0.621. The molecule has 1 fully saturated rings. The van der Waals surface area contributed by atoms with Crippen molar-refractivity contribution < 1.29 is 19.4 Å². The van der Waals surface area contributed by atoms with E-state index in [-0.39, 0.29) is 16.6 Å². The third kappa shape index (κ3) is 5.06. The minimum Gasteiger partial charge on any atom is -0.497 e. The topological polar surface area (TPSA) is 55.8 Å². The molecule has 0 amide bonds. The van der Waals surface area contributed by atoms with Crippen LogP contribution in [0.3, 0.4) is 0 Å². The van der Waals surface area contributed by atoms with Crippen molar-refractivity contribution >= 4 is 5.78 Å². The second-order valence-electron chi connectivity index (χ2n) is 11.4. The molecule has 0 saturated heterocycles. The second kappa shape index (κ2) is 9.29. The number of methoxy groups -OCH3 is 2. The lowest BCUT2D eigenvalue weighted by molar-refractivity contribution is -0.131. The van der Waals surface area contributed by atoms with Crippen LogP contribution in [0, 0.1) is 17.8 Å². The molecule has 0 radical (unpaired) electrons. The van der Waals surface area contributed by atoms with Gasteiger partial charge in [-0.3, -0.25) is 4.79 Å². The summed E-state index contributed by atoms with van der Waals surface area (Å²) in [6, 6.07) is 4.02. The van der Waals surface area contributed by atoms with Crippen LogP contribution in [-0.2, 0) is 11.2 Å². The molecule has 33 heavy (non-hydrogen) atoms. The fourth-order valence-corrected chi connectivity index (χ4v) is 6.02. The molecule has 2 aliphatic carbocycles. The molecule has 0 unspecified atom stereocenters. The average Bonchev–Trinajstić information content (AvgIpc) is 3.03. The molecule has 3 rings (SSSR count). The summed E-state index contributed by atoms with van der Waals surface area (Å²) in [6.45, 7) is 12.2. The van der Waals surface area contributed by atoms with E-state index in [0.717, 1.165) is 66.7 Å². The van der Waals surface area contributed by atoms with Gasteiger partial charge in [-0.25, -0.2) is 0 Å². The highest BCUT2D eigenvalue weighted by Gasteiger charge is 2.56. The third-order valence-electron chi connectivity index (χ3n) is 8.08. The zero-order valence-electron chi connectivity index (χ0n) is 21.9. The van der Waals surface area contributed by atoms with Crippen molar-refractivity contribution in [3.05, 3.63) is 46.1 Å². The normalized spacial score (nSPS) is 26.0. The molecule has 0 bridgehead atoms. The zero-order chi connectivity index (χ0) is 24.6. The Morgan fingerprint density at radius 2 is 1.88 bits per heavy atom. The predicted octanol–water partition coefficient (Wildman–Crippen LogP) is 6.52. The zero-order valence-corrected chi connectivity index (χ0v) is 21.9. The van der Waals surface area contributed by atoms with Crippen molar-refractivity contribution in [3.63, 3.8) is 0 Å². The van der Waals surface area contributed by atoms with Gasteiger partial charge < -0.3 is 14.6 Å². The van der Waals surface area contributed by atoms with Gasteiger partial charge in [0.1, 0.15) is 11.5 Å². The van der Waals surface area contributed by atoms with Crippen LogP contribution in [0.5, 0.6) is 11.5 Å². The van der Waals surface area contributed by atoms with E-state index in [9.17, 15) is 9.90 Å². The van der Waals surface area contributed by atoms with Gasteiger partial charge in [-0.1, -0.05) is 37.5 Å². The molecule has 0 aliphatic heterocycles. The van der Waals surface area contributed by atoms with E-state index in [1.54, 1.807) is 28.1 Å². The fourth-order valence-electron chi connectivity index (χ4n) is 6.02. The van der Waals surface area contributed by atoms with Gasteiger partial charge >= 0.3 is 0 Å². The maximum Gasteiger partial charge on any atom is 0.165 e. The highest BCUT2D eigenvalue weighted by molar-refractivity contribution is 6.02. The van der Waals surface area contributed by atoms with Crippen LogP contribution >= 0.6 is 0 Å². The van der Waals surface area contributed by atoms with E-state index < -0.39 is 5.60 Å². The summed E-state index contributed by atoms with van der Waals surface area (Å²) in [5.41, 5.74) is 4.27. The molecule has 2 aliphatic rings. The Balaban J connectivity index is 1.92. The Morgan fingerprint density at radius 3 is 2.48 bits per heavy atom. The van der Waals surface area contributed by atoms with Crippen molar-refractivity contribution in [1.29, 1.82) is 0 Å². The number of hydrogen-bond donors (Lipinski definition) is 1. The first-order chi connectivity index (χ1) is 15.3. The van der Waals surface area contributed by atoms with Crippen LogP contribution in [0.2, 0.25) is 0 Å². The summed E-state index contributed by atoms with van der Waals surface area (Å²) in [5.74, 6) is 1.99. The largest absolute Gasteiger partial charge is 0.497 e. The number of ketones is 1. The lowest BCUT2D eigenvalue weighted by Crippen LogP contribution is -2.45. The number of aryl methyl sites for hydroxylation is 1. The van der Waals surface area contributed by atoms with Gasteiger partial charge in [0.05, 0.1) is 19.8 Å². The van der Waals surface area contributed by atoms with Gasteiger partial charge in [-0.15, -0.1) is 0 Å². The molecule has 0 aromatic heterocycles. The van der Waals surface area contributed by atoms with Crippen LogP contribution in [0.1, 0.15) is 84.3 Å². The summed E-state index contributed by atoms with van der Waals surface area (Å²) in [5, 5.41) is 10.6. The van der Waals surface area contributed by atoms with E-state index in [2.05, 4.69) is 26.8 Å². The second-order valence-corrected chi connectivity index (χ2v) is 11.4. The van der Waals surface area contributed by atoms with Gasteiger partial charge in [-0.05, 0) is 88.5 Å². The number of Topliss-reactive ketones (excluding diaryl/α,β-unsaturated/α-hetero) is 1. The first-order valence-electron chi connectivity index (χ1n) is 12.2. The Morgan fingerprint density at radius 1 is 1.18 bits per heavy atom. The molecular formula is C29H42O4. The highest BCUT2D eigenvalue weighted by Crippen LogP contribution is 2.61. The van der Waals surface area contributed by atoms with Gasteiger partial charge in [0.2, 0.25) is 0 Å². The predicted molar refractivity (Wildman–Crippen MR) is 134 cm³/mol. The van der Waals surface area contributed by atoms with E-state index in [1.807, 2.05) is 19.1 Å². The Hall–Kier alpha value is -2.07. The van der Waals surface area contributed by atoms with E-state index in [1.165, 1.54) is 11.1 Å². The quantitative estimate of drug-likeness (QED) is 0.454. The molecule has 4 nitrogen and oxygen atoms in total. The summed E-state index contributed by atoms with van der Waals surface area (Å²) >= 11 is 0. The molecule has 2 atom stereocenters. The van der Waals surface area contributed by atoms with Crippen molar-refractivity contribution in [2.45, 2.75) is 92.1 Å². The van der Waals surface area contributed by atoms with Crippen LogP contribution in [-0.4, -0.2) is 30.7 Å². The number of fused-ring (bicyclic) bond motifs is 1. The molecule has 0 spiro atoms. The molecule has 182 valence electrons. The van der Waals surface area contributed by atoms with Crippen LogP contribution in [0.15, 0.2) is 34.9 Å². The van der Waals surface area contributed by atoms with Crippen LogP contribution < -0.4 is 9.47 Å². The summed E-state index contributed by atoms with van der Waals surface area (Å²) in [4.78, 5) is 13.8. The lowest BCUT2D eigenvalue weighted by Gasteiger charge is -2.46. The SMILES string of the molecule is COc1cc(C)c(OC)c(CC=C(C)CC2=C(CC(C)(C)O)C(=O)[C@]3(C)CCC[C@]3(C)C2)c1. The molecule has 1 aromatic rings. The number of carbonyl (C=O) groups is 1. The summed E-state index contributed by atoms with van der Waals surface area (Å²) in [7, 11) is 3.38. The number of carbonyl (C=O) groups excluding carboxylic acids is 1. The Kier molecular flexibility index (Phi) is 7.19. The number of hydrogen-bond acceptors (Lipinski definition) is 4.